The predicted octanol–water partition coefficient (Wildman–Crippen LogP) is -0.438. The average molecular weight is 241 g/mol. The summed E-state index contributed by atoms with van der Waals surface area (Å²) in [7, 11) is 0. The molecule has 0 radical (unpaired) electrons. The van der Waals surface area contributed by atoms with Gasteiger partial charge in [0.25, 0.3) is 0 Å². The highest BCUT2D eigenvalue weighted by atomic mass is 16.5. The van der Waals surface area contributed by atoms with Crippen molar-refractivity contribution in [1.82, 2.24) is 10.2 Å². The van der Waals surface area contributed by atoms with E-state index in [1.165, 1.54) is 0 Å². The first kappa shape index (κ1) is 12.8. The third kappa shape index (κ3) is 3.66. The number of nitrogens with two attached hydrogens (primary N) is 1. The summed E-state index contributed by atoms with van der Waals surface area (Å²) in [6.07, 6.45) is 2.95. The second kappa shape index (κ2) is 6.33. The fraction of sp³-hybridized carbons (Fsp3) is 0.917. The van der Waals surface area contributed by atoms with Crippen molar-refractivity contribution in [3.8, 4) is 0 Å². The molecule has 0 saturated carbocycles. The van der Waals surface area contributed by atoms with Crippen molar-refractivity contribution in [2.24, 2.45) is 11.7 Å². The normalized spacial score (nSPS) is 27.2. The molecule has 2 saturated heterocycles. The van der Waals surface area contributed by atoms with E-state index in [2.05, 4.69) is 10.2 Å². The summed E-state index contributed by atoms with van der Waals surface area (Å²) in [5, 5.41) is 3.15. The van der Waals surface area contributed by atoms with Crippen LogP contribution < -0.4 is 11.1 Å². The van der Waals surface area contributed by atoms with E-state index in [0.717, 1.165) is 52.0 Å². The molecule has 1 amide bonds. The van der Waals surface area contributed by atoms with Crippen molar-refractivity contribution >= 4 is 5.91 Å². The number of nitrogens with zero attached hydrogens (tertiary/aromatic N) is 1. The third-order valence-electron chi connectivity index (χ3n) is 3.68. The maximum Gasteiger partial charge on any atom is 0.225 e. The highest BCUT2D eigenvalue weighted by Crippen LogP contribution is 2.15. The number of amides is 1. The minimum atomic E-state index is 0.0806. The summed E-state index contributed by atoms with van der Waals surface area (Å²) in [5.74, 6) is 0.261. The van der Waals surface area contributed by atoms with E-state index in [-0.39, 0.29) is 11.8 Å². The minimum Gasteiger partial charge on any atom is -0.381 e. The zero-order valence-corrected chi connectivity index (χ0v) is 10.4. The van der Waals surface area contributed by atoms with E-state index in [0.29, 0.717) is 12.6 Å². The van der Waals surface area contributed by atoms with Gasteiger partial charge in [-0.15, -0.1) is 0 Å². The summed E-state index contributed by atoms with van der Waals surface area (Å²) in [4.78, 5) is 14.3. The van der Waals surface area contributed by atoms with Gasteiger partial charge in [-0.2, -0.15) is 0 Å². The molecule has 2 fully saturated rings. The van der Waals surface area contributed by atoms with E-state index in [1.54, 1.807) is 0 Å². The molecule has 3 N–H and O–H groups in total. The van der Waals surface area contributed by atoms with Gasteiger partial charge in [0.2, 0.25) is 5.91 Å². The van der Waals surface area contributed by atoms with Gasteiger partial charge in [0.15, 0.2) is 0 Å². The van der Waals surface area contributed by atoms with E-state index >= 15 is 0 Å². The van der Waals surface area contributed by atoms with Crippen LogP contribution in [0.3, 0.4) is 0 Å². The Labute approximate surface area is 103 Å². The van der Waals surface area contributed by atoms with Gasteiger partial charge in [0, 0.05) is 38.8 Å². The number of nitrogens with one attached hydrogen (secondary N) is 1. The Hall–Kier alpha value is -0.650. The van der Waals surface area contributed by atoms with Crippen molar-refractivity contribution in [2.75, 3.05) is 39.4 Å². The van der Waals surface area contributed by atoms with Crippen molar-refractivity contribution in [3.63, 3.8) is 0 Å². The van der Waals surface area contributed by atoms with Crippen molar-refractivity contribution in [3.05, 3.63) is 0 Å². The molecule has 0 bridgehead atoms. The molecule has 0 spiro atoms. The molecular weight excluding hydrogens is 218 g/mol. The summed E-state index contributed by atoms with van der Waals surface area (Å²) in [5.41, 5.74) is 5.53. The highest BCUT2D eigenvalue weighted by molar-refractivity contribution is 5.79. The molecule has 2 rings (SSSR count). The lowest BCUT2D eigenvalue weighted by Crippen LogP contribution is -2.47. The number of piperidine rings is 1. The monoisotopic (exact) mass is 241 g/mol. The molecule has 5 heteroatoms. The molecule has 5 nitrogen and oxygen atoms in total. The van der Waals surface area contributed by atoms with Crippen LogP contribution in [0.2, 0.25) is 0 Å². The summed E-state index contributed by atoms with van der Waals surface area (Å²) >= 11 is 0. The second-order valence-electron chi connectivity index (χ2n) is 4.97. The van der Waals surface area contributed by atoms with Gasteiger partial charge in [-0.1, -0.05) is 0 Å². The minimum absolute atomic E-state index is 0.0806. The number of hydrogen-bond donors (Lipinski definition) is 2. The zero-order chi connectivity index (χ0) is 12.1. The second-order valence-corrected chi connectivity index (χ2v) is 4.97. The fourth-order valence-corrected chi connectivity index (χ4v) is 2.54. The van der Waals surface area contributed by atoms with Gasteiger partial charge >= 0.3 is 0 Å². The van der Waals surface area contributed by atoms with E-state index in [1.807, 2.05) is 0 Å². The van der Waals surface area contributed by atoms with Crippen LogP contribution in [-0.2, 0) is 9.53 Å². The molecule has 0 aliphatic carbocycles. The third-order valence-corrected chi connectivity index (χ3v) is 3.68. The highest BCUT2D eigenvalue weighted by Gasteiger charge is 2.26. The summed E-state index contributed by atoms with van der Waals surface area (Å²) < 4.78 is 5.23. The Balaban J connectivity index is 1.68. The Morgan fingerprint density at radius 2 is 2.12 bits per heavy atom. The number of carbonyl (C=O) groups excluding carboxylic acids is 1. The van der Waals surface area contributed by atoms with E-state index in [9.17, 15) is 4.79 Å². The van der Waals surface area contributed by atoms with Crippen LogP contribution in [0.4, 0.5) is 0 Å². The van der Waals surface area contributed by atoms with Crippen LogP contribution in [0.25, 0.3) is 0 Å². The Morgan fingerprint density at radius 1 is 1.35 bits per heavy atom. The Bertz CT molecular complexity index is 246. The lowest BCUT2D eigenvalue weighted by Gasteiger charge is -2.32. The lowest BCUT2D eigenvalue weighted by atomic mass is 10.0. The topological polar surface area (TPSA) is 67.6 Å². The molecule has 17 heavy (non-hydrogen) atoms. The van der Waals surface area contributed by atoms with Crippen molar-refractivity contribution < 1.29 is 9.53 Å². The van der Waals surface area contributed by atoms with Crippen LogP contribution in [0, 0.1) is 5.92 Å². The predicted molar refractivity (Wildman–Crippen MR) is 65.6 cm³/mol. The molecule has 2 aliphatic rings. The van der Waals surface area contributed by atoms with Gasteiger partial charge in [0.1, 0.15) is 0 Å². The molecule has 0 aromatic heterocycles. The lowest BCUT2D eigenvalue weighted by molar-refractivity contribution is -0.126. The first-order chi connectivity index (χ1) is 8.29. The SMILES string of the molecule is NCCN1CCC(NC(=O)C2CCOC2)CC1. The van der Waals surface area contributed by atoms with Gasteiger partial charge in [0.05, 0.1) is 12.5 Å². The van der Waals surface area contributed by atoms with Crippen molar-refractivity contribution in [1.29, 1.82) is 0 Å². The van der Waals surface area contributed by atoms with E-state index < -0.39 is 0 Å². The van der Waals surface area contributed by atoms with Gasteiger partial charge in [-0.25, -0.2) is 0 Å². The standard InChI is InChI=1S/C12H23N3O2/c13-4-7-15-5-1-11(2-6-15)14-12(16)10-3-8-17-9-10/h10-11H,1-9,13H2,(H,14,16). The number of ether oxygens (including phenoxy) is 1. The molecular formula is C12H23N3O2. The molecule has 1 atom stereocenters. The van der Waals surface area contributed by atoms with Crippen LogP contribution in [-0.4, -0.2) is 56.2 Å². The maximum atomic E-state index is 11.9. The number of rotatable bonds is 4. The zero-order valence-electron chi connectivity index (χ0n) is 10.4. The number of carbonyl (C=O) groups is 1. The summed E-state index contributed by atoms with van der Waals surface area (Å²) in [6.45, 7) is 5.10. The molecule has 0 aromatic carbocycles. The largest absolute Gasteiger partial charge is 0.381 e. The van der Waals surface area contributed by atoms with Crippen LogP contribution in [0.15, 0.2) is 0 Å². The van der Waals surface area contributed by atoms with E-state index in [4.69, 9.17) is 10.5 Å². The Kier molecular flexibility index (Phi) is 4.76. The van der Waals surface area contributed by atoms with Gasteiger partial charge in [-0.3, -0.25) is 4.79 Å². The van der Waals surface area contributed by atoms with Crippen LogP contribution in [0.5, 0.6) is 0 Å². The van der Waals surface area contributed by atoms with Gasteiger partial charge in [-0.05, 0) is 19.3 Å². The quantitative estimate of drug-likeness (QED) is 0.700. The van der Waals surface area contributed by atoms with Crippen molar-refractivity contribution in [2.45, 2.75) is 25.3 Å². The molecule has 1 unspecified atom stereocenters. The Morgan fingerprint density at radius 3 is 2.71 bits per heavy atom. The van der Waals surface area contributed by atoms with Gasteiger partial charge < -0.3 is 20.7 Å². The smallest absolute Gasteiger partial charge is 0.225 e. The molecule has 0 aromatic rings. The fourth-order valence-electron chi connectivity index (χ4n) is 2.54. The van der Waals surface area contributed by atoms with Crippen LogP contribution >= 0.6 is 0 Å². The summed E-state index contributed by atoms with van der Waals surface area (Å²) in [6, 6.07) is 0.345. The molecule has 98 valence electrons. The molecule has 2 aliphatic heterocycles. The average Bonchev–Trinajstić information content (AvgIpc) is 2.86. The number of hydrogen-bond acceptors (Lipinski definition) is 4. The number of likely N-dealkylation sites (tertiary alicyclic amines) is 1. The first-order valence-electron chi connectivity index (χ1n) is 6.60. The molecule has 2 heterocycles. The maximum absolute atomic E-state index is 11.9. The first-order valence-corrected chi connectivity index (χ1v) is 6.60. The van der Waals surface area contributed by atoms with Crippen LogP contribution in [0.1, 0.15) is 19.3 Å².